The summed E-state index contributed by atoms with van der Waals surface area (Å²) in [5.74, 6) is 1.33. The number of rotatable bonds is 8. The molecule has 176 valence electrons. The summed E-state index contributed by atoms with van der Waals surface area (Å²) in [6.45, 7) is 5.36. The molecule has 2 aromatic carbocycles. The summed E-state index contributed by atoms with van der Waals surface area (Å²) in [6, 6.07) is 11.4. The highest BCUT2D eigenvalue weighted by atomic mass is 35.5. The van der Waals surface area contributed by atoms with Gasteiger partial charge >= 0.3 is 5.97 Å². The number of benzene rings is 2. The number of carboxylic acids is 1. The van der Waals surface area contributed by atoms with Crippen molar-refractivity contribution in [2.45, 2.75) is 20.0 Å². The molecule has 0 atom stereocenters. The molecule has 0 fully saturated rings. The maximum atomic E-state index is 11.2. The number of aliphatic carboxylic acids is 1. The van der Waals surface area contributed by atoms with Crippen LogP contribution in [-0.2, 0) is 11.4 Å². The molecule has 33 heavy (non-hydrogen) atoms. The highest BCUT2D eigenvalue weighted by Crippen LogP contribution is 2.32. The summed E-state index contributed by atoms with van der Waals surface area (Å²) in [6.07, 6.45) is 4.68. The molecule has 0 amide bonds. The average molecular weight is 492 g/mol. The summed E-state index contributed by atoms with van der Waals surface area (Å²) in [5, 5.41) is 9.79. The van der Waals surface area contributed by atoms with Crippen molar-refractivity contribution in [2.24, 2.45) is 0 Å². The van der Waals surface area contributed by atoms with Gasteiger partial charge in [0.1, 0.15) is 30.5 Å². The lowest BCUT2D eigenvalue weighted by Crippen LogP contribution is -2.34. The molecular weight excluding hydrogens is 465 g/mol. The van der Waals surface area contributed by atoms with Crippen LogP contribution in [0.15, 0.2) is 53.6 Å². The van der Waals surface area contributed by atoms with Gasteiger partial charge in [-0.15, -0.1) is 12.4 Å². The van der Waals surface area contributed by atoms with Gasteiger partial charge in [-0.05, 0) is 54.8 Å². The maximum Gasteiger partial charge on any atom is 0.332 e. The molecule has 0 bridgehead atoms. The lowest BCUT2D eigenvalue weighted by atomic mass is 10.0. The summed E-state index contributed by atoms with van der Waals surface area (Å²) < 4.78 is 17.4. The van der Waals surface area contributed by atoms with Crippen molar-refractivity contribution in [3.05, 3.63) is 69.8 Å². The van der Waals surface area contributed by atoms with Crippen LogP contribution in [0.4, 0.5) is 0 Å². The van der Waals surface area contributed by atoms with Crippen molar-refractivity contribution >= 4 is 36.1 Å². The highest BCUT2D eigenvalue weighted by Gasteiger charge is 2.20. The van der Waals surface area contributed by atoms with Crippen LogP contribution >= 0.6 is 24.0 Å². The monoisotopic (exact) mass is 491 g/mol. The van der Waals surface area contributed by atoms with Gasteiger partial charge in [0.25, 0.3) is 0 Å². The van der Waals surface area contributed by atoms with Crippen LogP contribution in [0.3, 0.4) is 0 Å². The van der Waals surface area contributed by atoms with Gasteiger partial charge in [-0.3, -0.25) is 4.90 Å². The van der Waals surface area contributed by atoms with Crippen LogP contribution in [0.2, 0.25) is 5.02 Å². The normalized spacial score (nSPS) is 15.3. The molecule has 0 saturated heterocycles. The molecule has 6 nitrogen and oxygen atoms in total. The molecule has 2 heterocycles. The Morgan fingerprint density at radius 3 is 2.82 bits per heavy atom. The molecule has 0 unspecified atom stereocenters. The summed E-state index contributed by atoms with van der Waals surface area (Å²) in [4.78, 5) is 13.4. The predicted octanol–water partition coefficient (Wildman–Crippen LogP) is 5.23. The quantitative estimate of drug-likeness (QED) is 0.544. The van der Waals surface area contributed by atoms with Crippen LogP contribution in [-0.4, -0.2) is 48.8 Å². The van der Waals surface area contributed by atoms with Crippen molar-refractivity contribution in [1.82, 2.24) is 4.90 Å². The number of carboxylic acid groups (broad SMARTS) is 1. The molecule has 4 rings (SSSR count). The van der Waals surface area contributed by atoms with Crippen molar-refractivity contribution < 1.29 is 24.1 Å². The Morgan fingerprint density at radius 2 is 2.06 bits per heavy atom. The van der Waals surface area contributed by atoms with E-state index in [0.717, 1.165) is 41.2 Å². The van der Waals surface area contributed by atoms with E-state index in [0.29, 0.717) is 49.3 Å². The minimum Gasteiger partial charge on any atom is -0.492 e. The second-order valence-electron chi connectivity index (χ2n) is 7.81. The SMILES string of the molecule is CCOc1ccc(COc2ccc3c(c2)OCC(CN2CCC=C(C(=O)O)C2)=C3)cc1Cl.Cl. The molecule has 0 aliphatic carbocycles. The first kappa shape index (κ1) is 25.0. The Morgan fingerprint density at radius 1 is 1.21 bits per heavy atom. The van der Waals surface area contributed by atoms with Gasteiger partial charge in [0.15, 0.2) is 0 Å². The van der Waals surface area contributed by atoms with Crippen molar-refractivity contribution in [3.8, 4) is 17.2 Å². The Balaban J connectivity index is 0.00000306. The van der Waals surface area contributed by atoms with E-state index in [1.54, 1.807) is 0 Å². The van der Waals surface area contributed by atoms with Gasteiger partial charge in [0.05, 0.1) is 11.6 Å². The first-order valence-electron chi connectivity index (χ1n) is 10.7. The Labute approximate surface area is 204 Å². The van der Waals surface area contributed by atoms with Gasteiger partial charge in [-0.25, -0.2) is 4.79 Å². The zero-order chi connectivity index (χ0) is 22.5. The van der Waals surface area contributed by atoms with E-state index in [9.17, 15) is 9.90 Å². The van der Waals surface area contributed by atoms with Crippen LogP contribution < -0.4 is 14.2 Å². The second-order valence-corrected chi connectivity index (χ2v) is 8.22. The van der Waals surface area contributed by atoms with Crippen molar-refractivity contribution in [2.75, 3.05) is 32.8 Å². The minimum atomic E-state index is -0.839. The van der Waals surface area contributed by atoms with E-state index in [1.807, 2.05) is 49.4 Å². The molecule has 0 radical (unpaired) electrons. The molecule has 0 saturated carbocycles. The molecule has 0 spiro atoms. The third-order valence-electron chi connectivity index (χ3n) is 5.39. The number of ether oxygens (including phenoxy) is 3. The topological polar surface area (TPSA) is 68.2 Å². The maximum absolute atomic E-state index is 11.2. The average Bonchev–Trinajstić information content (AvgIpc) is 2.79. The molecule has 2 aliphatic rings. The first-order chi connectivity index (χ1) is 15.5. The predicted molar refractivity (Wildman–Crippen MR) is 131 cm³/mol. The Kier molecular flexibility index (Phi) is 8.67. The van der Waals surface area contributed by atoms with E-state index < -0.39 is 5.97 Å². The van der Waals surface area contributed by atoms with Crippen LogP contribution in [0.1, 0.15) is 24.5 Å². The fraction of sp³-hybridized carbons (Fsp3) is 0.320. The van der Waals surface area contributed by atoms with E-state index >= 15 is 0 Å². The Bertz CT molecular complexity index is 1070. The number of carbonyl (C=O) groups is 1. The fourth-order valence-electron chi connectivity index (χ4n) is 3.83. The number of hydrogen-bond acceptors (Lipinski definition) is 5. The van der Waals surface area contributed by atoms with Gasteiger partial charge in [0, 0.05) is 36.8 Å². The van der Waals surface area contributed by atoms with Crippen LogP contribution in [0.25, 0.3) is 6.08 Å². The minimum absolute atomic E-state index is 0. The lowest BCUT2D eigenvalue weighted by molar-refractivity contribution is -0.133. The second kappa shape index (κ2) is 11.5. The summed E-state index contributed by atoms with van der Waals surface area (Å²) in [7, 11) is 0. The largest absolute Gasteiger partial charge is 0.492 e. The van der Waals surface area contributed by atoms with Gasteiger partial charge in [0.2, 0.25) is 0 Å². The third-order valence-corrected chi connectivity index (χ3v) is 5.69. The first-order valence-corrected chi connectivity index (χ1v) is 11.0. The van der Waals surface area contributed by atoms with Gasteiger partial charge < -0.3 is 19.3 Å². The smallest absolute Gasteiger partial charge is 0.332 e. The van der Waals surface area contributed by atoms with Crippen LogP contribution in [0.5, 0.6) is 17.2 Å². The number of halogens is 2. The van der Waals surface area contributed by atoms with Crippen LogP contribution in [0, 0.1) is 0 Å². The third kappa shape index (κ3) is 6.44. The van der Waals surface area contributed by atoms with Crippen molar-refractivity contribution in [1.29, 1.82) is 0 Å². The number of hydrogen-bond donors (Lipinski definition) is 1. The molecule has 2 aromatic rings. The zero-order valence-corrected chi connectivity index (χ0v) is 20.0. The summed E-state index contributed by atoms with van der Waals surface area (Å²) in [5.41, 5.74) is 3.54. The molecule has 0 aromatic heterocycles. The molecule has 8 heteroatoms. The molecular formula is C25H27Cl2NO5. The lowest BCUT2D eigenvalue weighted by Gasteiger charge is -2.28. The van der Waals surface area contributed by atoms with Gasteiger partial charge in [-0.2, -0.15) is 0 Å². The molecule has 1 N–H and O–H groups in total. The van der Waals surface area contributed by atoms with Gasteiger partial charge in [-0.1, -0.05) is 23.7 Å². The van der Waals surface area contributed by atoms with E-state index in [-0.39, 0.29) is 12.4 Å². The van der Waals surface area contributed by atoms with Crippen molar-refractivity contribution in [3.63, 3.8) is 0 Å². The number of nitrogens with zero attached hydrogens (tertiary/aromatic N) is 1. The number of fused-ring (bicyclic) bond motifs is 1. The zero-order valence-electron chi connectivity index (χ0n) is 18.4. The molecule has 2 aliphatic heterocycles. The van der Waals surface area contributed by atoms with E-state index in [2.05, 4.69) is 11.0 Å². The van der Waals surface area contributed by atoms with E-state index in [4.69, 9.17) is 25.8 Å². The van der Waals surface area contributed by atoms with E-state index in [1.165, 1.54) is 0 Å². The standard InChI is InChI=1S/C25H26ClNO5.ClH/c1-2-30-23-8-5-17(11-22(23)26)15-31-21-7-6-19-10-18(16-32-24(19)12-21)13-27-9-3-4-20(14-27)25(28)29;/h4-8,10-12H,2-3,9,13-16H2,1H3,(H,28,29);1H. The summed E-state index contributed by atoms with van der Waals surface area (Å²) >= 11 is 6.25. The fourth-order valence-corrected chi connectivity index (χ4v) is 4.09. The highest BCUT2D eigenvalue weighted by molar-refractivity contribution is 6.32. The Hall–Kier alpha value is -2.67.